The number of amides is 1. The smallest absolute Gasteiger partial charge is 0.261 e. The lowest BCUT2D eigenvalue weighted by Gasteiger charge is -2.11. The van der Waals surface area contributed by atoms with Crippen molar-refractivity contribution in [3.8, 4) is 18.1 Å². The zero-order valence-electron chi connectivity index (χ0n) is 11.1. The highest BCUT2D eigenvalue weighted by molar-refractivity contribution is 8.13. The van der Waals surface area contributed by atoms with Crippen molar-refractivity contribution in [1.82, 2.24) is 5.32 Å². The van der Waals surface area contributed by atoms with Crippen molar-refractivity contribution in [3.05, 3.63) is 23.3 Å². The minimum atomic E-state index is -3.81. The number of nitrogens with one attached hydrogen (secondary N) is 1. The molecule has 0 aliphatic heterocycles. The second-order valence-electron chi connectivity index (χ2n) is 4.09. The van der Waals surface area contributed by atoms with Gasteiger partial charge in [0.25, 0.3) is 15.0 Å². The van der Waals surface area contributed by atoms with Crippen LogP contribution in [-0.4, -0.2) is 27.5 Å². The summed E-state index contributed by atoms with van der Waals surface area (Å²) in [6, 6.07) is 3.02. The zero-order chi connectivity index (χ0) is 15.3. The predicted molar refractivity (Wildman–Crippen MR) is 76.3 cm³/mol. The average molecular weight is 316 g/mol. The third kappa shape index (κ3) is 4.44. The van der Waals surface area contributed by atoms with Crippen molar-refractivity contribution >= 4 is 25.6 Å². The molecule has 0 saturated carbocycles. The molecule has 7 heteroatoms. The van der Waals surface area contributed by atoms with Crippen LogP contribution in [0.3, 0.4) is 0 Å². The molecule has 0 aromatic heterocycles. The largest absolute Gasteiger partial charge is 0.484 e. The molecule has 0 heterocycles. The third-order valence-electron chi connectivity index (χ3n) is 2.44. The first-order valence-electron chi connectivity index (χ1n) is 5.64. The average Bonchev–Trinajstić information content (AvgIpc) is 2.31. The summed E-state index contributed by atoms with van der Waals surface area (Å²) in [5, 5.41) is 2.45. The van der Waals surface area contributed by atoms with Crippen LogP contribution in [0.4, 0.5) is 0 Å². The second-order valence-corrected chi connectivity index (χ2v) is 6.60. The zero-order valence-corrected chi connectivity index (χ0v) is 12.6. The molecule has 0 fully saturated rings. The number of hydrogen-bond donors (Lipinski definition) is 1. The molecule has 1 amide bonds. The number of terminal acetylenes is 1. The summed E-state index contributed by atoms with van der Waals surface area (Å²) in [6.07, 6.45) is 5.01. The molecule has 0 spiro atoms. The van der Waals surface area contributed by atoms with E-state index in [1.807, 2.05) is 0 Å². The van der Waals surface area contributed by atoms with Crippen molar-refractivity contribution in [3.63, 3.8) is 0 Å². The number of ether oxygens (including phenoxy) is 1. The summed E-state index contributed by atoms with van der Waals surface area (Å²) in [5.74, 6) is 2.30. The molecule has 1 N–H and O–H groups in total. The van der Waals surface area contributed by atoms with Crippen molar-refractivity contribution in [2.45, 2.75) is 18.7 Å². The topological polar surface area (TPSA) is 72.5 Å². The molecule has 5 nitrogen and oxygen atoms in total. The predicted octanol–water partition coefficient (Wildman–Crippen LogP) is 1.36. The molecule has 0 aliphatic carbocycles. The van der Waals surface area contributed by atoms with Gasteiger partial charge >= 0.3 is 0 Å². The van der Waals surface area contributed by atoms with Gasteiger partial charge in [-0.2, -0.15) is 0 Å². The summed E-state index contributed by atoms with van der Waals surface area (Å²) in [7, 11) is 1.55. The molecule has 20 heavy (non-hydrogen) atoms. The molecule has 0 saturated heterocycles. The summed E-state index contributed by atoms with van der Waals surface area (Å²) < 4.78 is 28.1. The molecule has 108 valence electrons. The molecular weight excluding hydrogens is 302 g/mol. The van der Waals surface area contributed by atoms with Gasteiger partial charge in [0, 0.05) is 10.7 Å². The van der Waals surface area contributed by atoms with E-state index < -0.39 is 9.05 Å². The Balaban J connectivity index is 2.86. The first-order valence-corrected chi connectivity index (χ1v) is 7.95. The Morgan fingerprint density at radius 1 is 1.40 bits per heavy atom. The van der Waals surface area contributed by atoms with E-state index in [1.165, 1.54) is 12.1 Å². The van der Waals surface area contributed by atoms with Crippen molar-refractivity contribution in [2.75, 3.05) is 13.2 Å². The van der Waals surface area contributed by atoms with Crippen molar-refractivity contribution in [2.24, 2.45) is 0 Å². The van der Waals surface area contributed by atoms with Gasteiger partial charge in [-0.25, -0.2) is 8.42 Å². The monoisotopic (exact) mass is 315 g/mol. The van der Waals surface area contributed by atoms with Gasteiger partial charge < -0.3 is 10.1 Å². The van der Waals surface area contributed by atoms with E-state index in [0.29, 0.717) is 16.9 Å². The number of carbonyl (C=O) groups is 1. The van der Waals surface area contributed by atoms with E-state index in [2.05, 4.69) is 11.2 Å². The lowest BCUT2D eigenvalue weighted by molar-refractivity contribution is -0.122. The highest BCUT2D eigenvalue weighted by atomic mass is 35.7. The fraction of sp³-hybridized carbons (Fsp3) is 0.308. The van der Waals surface area contributed by atoms with E-state index in [1.54, 1.807) is 13.8 Å². The van der Waals surface area contributed by atoms with E-state index in [4.69, 9.17) is 21.8 Å². The number of benzene rings is 1. The maximum atomic E-state index is 11.4. The van der Waals surface area contributed by atoms with Crippen LogP contribution in [-0.2, 0) is 13.8 Å². The fourth-order valence-electron chi connectivity index (χ4n) is 1.73. The second kappa shape index (κ2) is 6.64. The van der Waals surface area contributed by atoms with Crippen molar-refractivity contribution < 1.29 is 17.9 Å². The summed E-state index contributed by atoms with van der Waals surface area (Å²) in [5.41, 5.74) is 0.915. The Hall–Kier alpha value is -1.71. The van der Waals surface area contributed by atoms with Crippen LogP contribution in [0.25, 0.3) is 0 Å². The lowest BCUT2D eigenvalue weighted by atomic mass is 10.1. The van der Waals surface area contributed by atoms with E-state index in [0.717, 1.165) is 0 Å². The van der Waals surface area contributed by atoms with E-state index in [9.17, 15) is 13.2 Å². The SMILES string of the molecule is C#CCNC(=O)COc1cc(C)c(S(=O)(=O)Cl)c(C)c1. The highest BCUT2D eigenvalue weighted by Gasteiger charge is 2.18. The minimum absolute atomic E-state index is 0.0586. The number of carbonyl (C=O) groups excluding carboxylic acids is 1. The molecule has 0 unspecified atom stereocenters. The van der Waals surface area contributed by atoms with Gasteiger partial charge in [-0.05, 0) is 37.1 Å². The van der Waals surface area contributed by atoms with Crippen LogP contribution in [0.5, 0.6) is 5.75 Å². The third-order valence-corrected chi connectivity index (χ3v) is 4.03. The van der Waals surface area contributed by atoms with Gasteiger partial charge in [-0.3, -0.25) is 4.79 Å². The maximum absolute atomic E-state index is 11.4. The normalized spacial score (nSPS) is 10.7. The minimum Gasteiger partial charge on any atom is -0.484 e. The van der Waals surface area contributed by atoms with Crippen LogP contribution in [0.1, 0.15) is 11.1 Å². The molecule has 1 aromatic carbocycles. The van der Waals surface area contributed by atoms with Crippen LogP contribution in [0, 0.1) is 26.2 Å². The molecule has 0 aliphatic rings. The Morgan fingerprint density at radius 3 is 2.40 bits per heavy atom. The highest BCUT2D eigenvalue weighted by Crippen LogP contribution is 2.28. The summed E-state index contributed by atoms with van der Waals surface area (Å²) in [4.78, 5) is 11.4. The van der Waals surface area contributed by atoms with Gasteiger partial charge in [0.1, 0.15) is 5.75 Å². The quantitative estimate of drug-likeness (QED) is 0.658. The number of rotatable bonds is 5. The molecule has 1 aromatic rings. The van der Waals surface area contributed by atoms with Crippen LogP contribution >= 0.6 is 10.7 Å². The summed E-state index contributed by atoms with van der Waals surface area (Å²) in [6.45, 7) is 3.14. The van der Waals surface area contributed by atoms with E-state index in [-0.39, 0.29) is 24.0 Å². The Bertz CT molecular complexity index is 638. The number of aryl methyl sites for hydroxylation is 2. The van der Waals surface area contributed by atoms with Gasteiger partial charge in [0.05, 0.1) is 11.4 Å². The van der Waals surface area contributed by atoms with Gasteiger partial charge in [-0.15, -0.1) is 6.42 Å². The molecular formula is C13H14ClNO4S. The molecule has 0 bridgehead atoms. The summed E-state index contributed by atoms with van der Waals surface area (Å²) >= 11 is 0. The van der Waals surface area contributed by atoms with Gasteiger partial charge in [0.15, 0.2) is 6.61 Å². The van der Waals surface area contributed by atoms with E-state index >= 15 is 0 Å². The first-order chi connectivity index (χ1) is 9.25. The van der Waals surface area contributed by atoms with Crippen LogP contribution < -0.4 is 10.1 Å². The maximum Gasteiger partial charge on any atom is 0.261 e. The molecule has 0 atom stereocenters. The van der Waals surface area contributed by atoms with Crippen LogP contribution in [0.2, 0.25) is 0 Å². The van der Waals surface area contributed by atoms with Crippen molar-refractivity contribution in [1.29, 1.82) is 0 Å². The lowest BCUT2D eigenvalue weighted by Crippen LogP contribution is -2.29. The van der Waals surface area contributed by atoms with Crippen LogP contribution in [0.15, 0.2) is 17.0 Å². The Morgan fingerprint density at radius 2 is 1.95 bits per heavy atom. The standard InChI is InChI=1S/C13H14ClNO4S/c1-4-5-15-12(16)8-19-11-6-9(2)13(10(3)7-11)20(14,17)18/h1,6-7H,5,8H2,2-3H3,(H,15,16). The Kier molecular flexibility index (Phi) is 5.43. The van der Waals surface area contributed by atoms with Gasteiger partial charge in [0.2, 0.25) is 0 Å². The number of hydrogen-bond acceptors (Lipinski definition) is 4. The molecule has 1 rings (SSSR count). The van der Waals surface area contributed by atoms with Gasteiger partial charge in [-0.1, -0.05) is 5.92 Å². The Labute approximate surface area is 122 Å². The first kappa shape index (κ1) is 16.3. The fourth-order valence-corrected chi connectivity index (χ4v) is 3.35. The molecule has 0 radical (unpaired) electrons. The number of halogens is 1.